The SMILES string of the molecule is CCCCCCCCCCc1ccc(-c2ccc(C(=O)CC(=O)C(F)(F)F)cc2)cc1. The van der Waals surface area contributed by atoms with E-state index in [4.69, 9.17) is 0 Å². The molecule has 0 saturated heterocycles. The largest absolute Gasteiger partial charge is 0.450 e. The van der Waals surface area contributed by atoms with Crippen LogP contribution in [0.1, 0.15) is 80.6 Å². The van der Waals surface area contributed by atoms with Gasteiger partial charge in [0.2, 0.25) is 5.78 Å². The van der Waals surface area contributed by atoms with Gasteiger partial charge >= 0.3 is 6.18 Å². The molecule has 2 aromatic carbocycles. The minimum atomic E-state index is -4.98. The summed E-state index contributed by atoms with van der Waals surface area (Å²) in [6, 6.07) is 14.5. The third-order valence-electron chi connectivity index (χ3n) is 5.45. The third kappa shape index (κ3) is 8.68. The molecule has 0 heterocycles. The zero-order valence-corrected chi connectivity index (χ0v) is 18.1. The van der Waals surface area contributed by atoms with E-state index < -0.39 is 24.2 Å². The summed E-state index contributed by atoms with van der Waals surface area (Å²) in [5.41, 5.74) is 3.24. The smallest absolute Gasteiger partial charge is 0.294 e. The predicted octanol–water partition coefficient (Wildman–Crippen LogP) is 7.74. The topological polar surface area (TPSA) is 34.1 Å². The van der Waals surface area contributed by atoms with Crippen LogP contribution in [0.2, 0.25) is 0 Å². The van der Waals surface area contributed by atoms with Crippen LogP contribution >= 0.6 is 0 Å². The number of carbonyl (C=O) groups excluding carboxylic acids is 2. The van der Waals surface area contributed by atoms with Gasteiger partial charge in [-0.25, -0.2) is 0 Å². The van der Waals surface area contributed by atoms with E-state index in [0.29, 0.717) is 0 Å². The molecule has 0 aliphatic heterocycles. The van der Waals surface area contributed by atoms with Crippen molar-refractivity contribution in [1.29, 1.82) is 0 Å². The van der Waals surface area contributed by atoms with E-state index in [0.717, 1.165) is 17.5 Å². The first-order valence-corrected chi connectivity index (χ1v) is 11.1. The van der Waals surface area contributed by atoms with Crippen molar-refractivity contribution >= 4 is 11.6 Å². The lowest BCUT2D eigenvalue weighted by Crippen LogP contribution is -2.25. The highest BCUT2D eigenvalue weighted by atomic mass is 19.4. The fourth-order valence-corrected chi connectivity index (χ4v) is 3.52. The van der Waals surface area contributed by atoms with Gasteiger partial charge in [0.25, 0.3) is 0 Å². The van der Waals surface area contributed by atoms with Gasteiger partial charge < -0.3 is 0 Å². The number of hydrogen-bond donors (Lipinski definition) is 0. The fraction of sp³-hybridized carbons (Fsp3) is 0.462. The van der Waals surface area contributed by atoms with Gasteiger partial charge in [-0.3, -0.25) is 9.59 Å². The van der Waals surface area contributed by atoms with E-state index in [1.54, 1.807) is 12.1 Å². The normalized spacial score (nSPS) is 11.5. The van der Waals surface area contributed by atoms with Gasteiger partial charge in [0.05, 0.1) is 6.42 Å². The molecule has 0 radical (unpaired) electrons. The highest BCUT2D eigenvalue weighted by Gasteiger charge is 2.39. The summed E-state index contributed by atoms with van der Waals surface area (Å²) in [7, 11) is 0. The van der Waals surface area contributed by atoms with Crippen LogP contribution in [-0.2, 0) is 11.2 Å². The lowest BCUT2D eigenvalue weighted by atomic mass is 9.98. The zero-order chi connectivity index (χ0) is 22.7. The van der Waals surface area contributed by atoms with Crippen LogP contribution in [0.4, 0.5) is 13.2 Å². The Balaban J connectivity index is 1.81. The Morgan fingerprint density at radius 3 is 1.71 bits per heavy atom. The summed E-state index contributed by atoms with van der Waals surface area (Å²) in [4.78, 5) is 22.9. The van der Waals surface area contributed by atoms with Crippen LogP contribution < -0.4 is 0 Å². The van der Waals surface area contributed by atoms with E-state index >= 15 is 0 Å². The maximum Gasteiger partial charge on any atom is 0.450 e. The fourth-order valence-electron chi connectivity index (χ4n) is 3.52. The molecule has 0 bridgehead atoms. The van der Waals surface area contributed by atoms with Crippen LogP contribution in [0.25, 0.3) is 11.1 Å². The number of rotatable bonds is 13. The monoisotopic (exact) mass is 432 g/mol. The molecule has 0 aliphatic carbocycles. The summed E-state index contributed by atoms with van der Waals surface area (Å²) in [5, 5.41) is 0. The van der Waals surface area contributed by atoms with Crippen LogP contribution in [0.3, 0.4) is 0 Å². The number of carbonyl (C=O) groups is 2. The number of halogens is 3. The molecule has 2 nitrogen and oxygen atoms in total. The minimum absolute atomic E-state index is 0.104. The molecule has 0 N–H and O–H groups in total. The van der Waals surface area contributed by atoms with E-state index in [9.17, 15) is 22.8 Å². The number of Topliss-reactive ketones (excluding diaryl/α,β-unsaturated/α-hetero) is 2. The highest BCUT2D eigenvalue weighted by molar-refractivity contribution is 6.09. The first kappa shape index (κ1) is 24.8. The Morgan fingerprint density at radius 1 is 0.710 bits per heavy atom. The van der Waals surface area contributed by atoms with Crippen molar-refractivity contribution in [2.24, 2.45) is 0 Å². The molecule has 5 heteroatoms. The molecule has 0 unspecified atom stereocenters. The van der Waals surface area contributed by atoms with Gasteiger partial charge in [-0.2, -0.15) is 13.2 Å². The minimum Gasteiger partial charge on any atom is -0.294 e. The summed E-state index contributed by atoms with van der Waals surface area (Å²) in [6.07, 6.45) is 5.26. The summed E-state index contributed by atoms with van der Waals surface area (Å²) in [5.74, 6) is -2.84. The third-order valence-corrected chi connectivity index (χ3v) is 5.45. The second-order valence-electron chi connectivity index (χ2n) is 8.02. The number of benzene rings is 2. The maximum absolute atomic E-state index is 12.3. The molecule has 0 aromatic heterocycles. The average Bonchev–Trinajstić information content (AvgIpc) is 2.75. The Hall–Kier alpha value is -2.43. The molecule has 0 spiro atoms. The van der Waals surface area contributed by atoms with Crippen molar-refractivity contribution in [2.75, 3.05) is 0 Å². The van der Waals surface area contributed by atoms with Gasteiger partial charge in [-0.15, -0.1) is 0 Å². The van der Waals surface area contributed by atoms with Crippen molar-refractivity contribution in [2.45, 2.75) is 77.3 Å². The van der Waals surface area contributed by atoms with E-state index in [-0.39, 0.29) is 5.56 Å². The first-order valence-electron chi connectivity index (χ1n) is 11.1. The van der Waals surface area contributed by atoms with Gasteiger partial charge in [-0.05, 0) is 29.5 Å². The first-order chi connectivity index (χ1) is 14.8. The highest BCUT2D eigenvalue weighted by Crippen LogP contribution is 2.23. The molecule has 2 aromatic rings. The number of aryl methyl sites for hydroxylation is 1. The maximum atomic E-state index is 12.3. The molecule has 31 heavy (non-hydrogen) atoms. The van der Waals surface area contributed by atoms with Crippen molar-refractivity contribution in [1.82, 2.24) is 0 Å². The second kappa shape index (κ2) is 12.4. The Bertz CT molecular complexity index is 821. The van der Waals surface area contributed by atoms with E-state index in [1.165, 1.54) is 69.1 Å². The van der Waals surface area contributed by atoms with E-state index in [1.807, 2.05) is 12.1 Å². The van der Waals surface area contributed by atoms with Crippen molar-refractivity contribution < 1.29 is 22.8 Å². The lowest BCUT2D eigenvalue weighted by Gasteiger charge is -2.07. The summed E-state index contributed by atoms with van der Waals surface area (Å²) >= 11 is 0. The van der Waals surface area contributed by atoms with Crippen LogP contribution in [0.5, 0.6) is 0 Å². The van der Waals surface area contributed by atoms with Crippen molar-refractivity contribution in [3.05, 3.63) is 59.7 Å². The van der Waals surface area contributed by atoms with Gasteiger partial charge in [-0.1, -0.05) is 100 Å². The molecule has 0 amide bonds. The van der Waals surface area contributed by atoms with E-state index in [2.05, 4.69) is 19.1 Å². The van der Waals surface area contributed by atoms with Crippen molar-refractivity contribution in [3.8, 4) is 11.1 Å². The molecular weight excluding hydrogens is 401 g/mol. The van der Waals surface area contributed by atoms with Crippen LogP contribution in [-0.4, -0.2) is 17.7 Å². The van der Waals surface area contributed by atoms with Gasteiger partial charge in [0.1, 0.15) is 0 Å². The van der Waals surface area contributed by atoms with Crippen LogP contribution in [0, 0.1) is 0 Å². The molecule has 0 fully saturated rings. The number of unbranched alkanes of at least 4 members (excludes halogenated alkanes) is 7. The number of hydrogen-bond acceptors (Lipinski definition) is 2. The molecule has 168 valence electrons. The Labute approximate surface area is 182 Å². The van der Waals surface area contributed by atoms with Gasteiger partial charge in [0, 0.05) is 5.56 Å². The van der Waals surface area contributed by atoms with Crippen LogP contribution in [0.15, 0.2) is 48.5 Å². The quantitative estimate of drug-likeness (QED) is 0.184. The van der Waals surface area contributed by atoms with Crippen molar-refractivity contribution in [3.63, 3.8) is 0 Å². The summed E-state index contributed by atoms with van der Waals surface area (Å²) < 4.78 is 36.9. The average molecular weight is 433 g/mol. The Kier molecular flexibility index (Phi) is 9.96. The summed E-state index contributed by atoms with van der Waals surface area (Å²) in [6.45, 7) is 2.23. The predicted molar refractivity (Wildman–Crippen MR) is 118 cm³/mol. The molecule has 0 aliphatic rings. The number of ketones is 2. The molecule has 0 atom stereocenters. The van der Waals surface area contributed by atoms with Gasteiger partial charge in [0.15, 0.2) is 5.78 Å². The molecule has 2 rings (SSSR count). The number of alkyl halides is 3. The Morgan fingerprint density at radius 2 is 1.19 bits per heavy atom. The molecular formula is C26H31F3O2. The second-order valence-corrected chi connectivity index (χ2v) is 8.02. The zero-order valence-electron chi connectivity index (χ0n) is 18.1. The lowest BCUT2D eigenvalue weighted by molar-refractivity contribution is -0.170. The standard InChI is InChI=1S/C26H31F3O2/c1-2-3-4-5-6-7-8-9-10-20-11-13-21(14-12-20)22-15-17-23(18-16-22)24(30)19-25(31)26(27,28)29/h11-18H,2-10,19H2,1H3. The molecule has 0 saturated carbocycles.